The van der Waals surface area contributed by atoms with Crippen LogP contribution in [0.1, 0.15) is 11.3 Å². The van der Waals surface area contributed by atoms with E-state index in [2.05, 4.69) is 9.72 Å². The second kappa shape index (κ2) is 7.26. The van der Waals surface area contributed by atoms with Gasteiger partial charge in [-0.05, 0) is 30.3 Å². The van der Waals surface area contributed by atoms with Gasteiger partial charge in [-0.25, -0.2) is 4.98 Å². The molecule has 0 aliphatic carbocycles. The topological polar surface area (TPSA) is 31.4 Å². The van der Waals surface area contributed by atoms with Gasteiger partial charge in [0.15, 0.2) is 0 Å². The second-order valence-corrected chi connectivity index (χ2v) is 5.86. The summed E-state index contributed by atoms with van der Waals surface area (Å²) in [4.78, 5) is 3.21. The molecule has 0 spiro atoms. The highest BCUT2D eigenvalue weighted by Gasteiger charge is 2.35. The lowest BCUT2D eigenvalue weighted by atomic mass is 10.1. The number of pyridine rings is 1. The van der Waals surface area contributed by atoms with E-state index < -0.39 is 47.0 Å². The Morgan fingerprint density at radius 3 is 1.97 bits per heavy atom. The number of alkyl halides is 9. The Bertz CT molecular complexity index is 1070. The summed E-state index contributed by atoms with van der Waals surface area (Å²) in [6.07, 6.45) is -14.9. The quantitative estimate of drug-likeness (QED) is 0.412. The first-order chi connectivity index (χ1) is 13.7. The summed E-state index contributed by atoms with van der Waals surface area (Å²) >= 11 is 0. The fourth-order valence-electron chi connectivity index (χ4n) is 2.46. The highest BCUT2D eigenvalue weighted by molar-refractivity contribution is 5.86. The van der Waals surface area contributed by atoms with Crippen LogP contribution in [0.2, 0.25) is 0 Å². The number of rotatable bonds is 3. The van der Waals surface area contributed by atoms with Crippen LogP contribution in [0.4, 0.5) is 39.5 Å². The minimum Gasteiger partial charge on any atom is -0.456 e. The van der Waals surface area contributed by atoms with Crippen molar-refractivity contribution in [2.24, 2.45) is 0 Å². The Hall–Kier alpha value is -3.18. The molecule has 160 valence electrons. The maximum Gasteiger partial charge on any atom is 0.573 e. The number of hydrogen-bond acceptors (Lipinski definition) is 3. The Morgan fingerprint density at radius 2 is 1.37 bits per heavy atom. The smallest absolute Gasteiger partial charge is 0.456 e. The van der Waals surface area contributed by atoms with Crippen LogP contribution in [0, 0.1) is 0 Å². The average molecular weight is 441 g/mol. The largest absolute Gasteiger partial charge is 0.573 e. The highest BCUT2D eigenvalue weighted by Crippen LogP contribution is 2.39. The van der Waals surface area contributed by atoms with Crippen molar-refractivity contribution in [3.63, 3.8) is 0 Å². The molecule has 0 fully saturated rings. The van der Waals surface area contributed by atoms with Crippen molar-refractivity contribution >= 4 is 10.9 Å². The van der Waals surface area contributed by atoms with Crippen LogP contribution in [-0.4, -0.2) is 11.3 Å². The van der Waals surface area contributed by atoms with Crippen molar-refractivity contribution in [3.8, 4) is 17.2 Å². The van der Waals surface area contributed by atoms with E-state index in [9.17, 15) is 39.5 Å². The standard InChI is InChI=1S/C18H8F9NO2/c19-16(20,21)9-4-5-12-13(6-9)28-15(17(22,23)24)8-14(12)29-10-2-1-3-11(7-10)30-18(25,26)27/h1-8H. The van der Waals surface area contributed by atoms with E-state index in [0.29, 0.717) is 18.2 Å². The molecule has 0 aliphatic rings. The summed E-state index contributed by atoms with van der Waals surface area (Å²) in [6, 6.07) is 6.25. The van der Waals surface area contributed by atoms with Crippen molar-refractivity contribution < 1.29 is 49.0 Å². The molecule has 3 rings (SSSR count). The lowest BCUT2D eigenvalue weighted by Crippen LogP contribution is -2.17. The summed E-state index contributed by atoms with van der Waals surface area (Å²) in [7, 11) is 0. The molecule has 3 aromatic rings. The highest BCUT2D eigenvalue weighted by atomic mass is 19.4. The molecule has 0 N–H and O–H groups in total. The van der Waals surface area contributed by atoms with Gasteiger partial charge in [-0.3, -0.25) is 0 Å². The van der Waals surface area contributed by atoms with Crippen LogP contribution >= 0.6 is 0 Å². The minimum absolute atomic E-state index is 0.210. The first kappa shape index (κ1) is 21.5. The Morgan fingerprint density at radius 1 is 0.700 bits per heavy atom. The zero-order valence-corrected chi connectivity index (χ0v) is 14.3. The number of hydrogen-bond donors (Lipinski definition) is 0. The van der Waals surface area contributed by atoms with Crippen molar-refractivity contribution in [3.05, 3.63) is 59.8 Å². The van der Waals surface area contributed by atoms with E-state index in [1.807, 2.05) is 0 Å². The lowest BCUT2D eigenvalue weighted by Gasteiger charge is -2.15. The number of fused-ring (bicyclic) bond motifs is 1. The number of ether oxygens (including phenoxy) is 2. The molecular weight excluding hydrogens is 433 g/mol. The normalized spacial score (nSPS) is 12.8. The predicted octanol–water partition coefficient (Wildman–Crippen LogP) is 6.96. The second-order valence-electron chi connectivity index (χ2n) is 5.86. The molecule has 30 heavy (non-hydrogen) atoms. The Kier molecular flexibility index (Phi) is 5.21. The van der Waals surface area contributed by atoms with Gasteiger partial charge in [0.05, 0.1) is 11.1 Å². The van der Waals surface area contributed by atoms with E-state index in [4.69, 9.17) is 4.74 Å². The number of benzene rings is 2. The van der Waals surface area contributed by atoms with E-state index in [1.165, 1.54) is 0 Å². The van der Waals surface area contributed by atoms with Gasteiger partial charge in [-0.2, -0.15) is 26.3 Å². The van der Waals surface area contributed by atoms with Gasteiger partial charge >= 0.3 is 18.7 Å². The van der Waals surface area contributed by atoms with Crippen molar-refractivity contribution in [1.82, 2.24) is 4.98 Å². The van der Waals surface area contributed by atoms with Crippen molar-refractivity contribution in [2.45, 2.75) is 18.7 Å². The summed E-state index contributed by atoms with van der Waals surface area (Å²) < 4.78 is 124. The van der Waals surface area contributed by atoms with Crippen LogP contribution in [0.3, 0.4) is 0 Å². The maximum atomic E-state index is 13.1. The van der Waals surface area contributed by atoms with Gasteiger partial charge in [-0.15, -0.1) is 13.2 Å². The SMILES string of the molecule is FC(F)(F)Oc1cccc(Oc2cc(C(F)(F)F)nc3cc(C(F)(F)F)ccc23)c1. The third-order valence-electron chi connectivity index (χ3n) is 3.66. The van der Waals surface area contributed by atoms with E-state index in [-0.39, 0.29) is 11.1 Å². The molecule has 0 amide bonds. The zero-order chi connectivity index (χ0) is 22.3. The van der Waals surface area contributed by atoms with Gasteiger partial charge in [0.25, 0.3) is 0 Å². The molecule has 0 bridgehead atoms. The third kappa shape index (κ3) is 5.05. The fourth-order valence-corrected chi connectivity index (χ4v) is 2.46. The molecule has 0 aliphatic heterocycles. The molecule has 0 unspecified atom stereocenters. The number of nitrogens with zero attached hydrogens (tertiary/aromatic N) is 1. The van der Waals surface area contributed by atoms with Crippen LogP contribution in [0.5, 0.6) is 17.2 Å². The number of aromatic nitrogens is 1. The monoisotopic (exact) mass is 441 g/mol. The lowest BCUT2D eigenvalue weighted by molar-refractivity contribution is -0.274. The molecule has 1 heterocycles. The van der Waals surface area contributed by atoms with Gasteiger partial charge in [0.1, 0.15) is 22.9 Å². The molecule has 3 nitrogen and oxygen atoms in total. The van der Waals surface area contributed by atoms with Gasteiger partial charge in [-0.1, -0.05) is 6.07 Å². The van der Waals surface area contributed by atoms with Gasteiger partial charge in [0.2, 0.25) is 0 Å². The van der Waals surface area contributed by atoms with E-state index >= 15 is 0 Å². The molecule has 1 aromatic heterocycles. The van der Waals surface area contributed by atoms with Crippen LogP contribution < -0.4 is 9.47 Å². The first-order valence-corrected chi connectivity index (χ1v) is 7.85. The molecule has 0 atom stereocenters. The van der Waals surface area contributed by atoms with E-state index in [1.54, 1.807) is 0 Å². The maximum absolute atomic E-state index is 13.1. The Labute approximate surface area is 161 Å². The fraction of sp³-hybridized carbons (Fsp3) is 0.167. The van der Waals surface area contributed by atoms with Gasteiger partial charge < -0.3 is 9.47 Å². The minimum atomic E-state index is -5.01. The Balaban J connectivity index is 2.09. The first-order valence-electron chi connectivity index (χ1n) is 7.85. The predicted molar refractivity (Wildman–Crippen MR) is 84.9 cm³/mol. The molecule has 2 aromatic carbocycles. The summed E-state index contributed by atoms with van der Waals surface area (Å²) in [5, 5.41) is -0.210. The molecular formula is C18H8F9NO2. The van der Waals surface area contributed by atoms with Crippen molar-refractivity contribution in [1.29, 1.82) is 0 Å². The zero-order valence-electron chi connectivity index (χ0n) is 14.3. The third-order valence-corrected chi connectivity index (χ3v) is 3.66. The summed E-state index contributed by atoms with van der Waals surface area (Å²) in [5.41, 5.74) is -3.42. The van der Waals surface area contributed by atoms with Crippen LogP contribution in [0.25, 0.3) is 10.9 Å². The molecule has 0 saturated carbocycles. The van der Waals surface area contributed by atoms with Crippen LogP contribution in [-0.2, 0) is 12.4 Å². The number of halogens is 9. The molecule has 12 heteroatoms. The van der Waals surface area contributed by atoms with Crippen LogP contribution in [0.15, 0.2) is 48.5 Å². The van der Waals surface area contributed by atoms with Crippen molar-refractivity contribution in [2.75, 3.05) is 0 Å². The van der Waals surface area contributed by atoms with Gasteiger partial charge in [0, 0.05) is 17.5 Å². The summed E-state index contributed by atoms with van der Waals surface area (Å²) in [6.45, 7) is 0. The molecule has 0 saturated heterocycles. The average Bonchev–Trinajstić information content (AvgIpc) is 2.58. The molecule has 0 radical (unpaired) electrons. The van der Waals surface area contributed by atoms with E-state index in [0.717, 1.165) is 30.3 Å². The summed E-state index contributed by atoms with van der Waals surface area (Å²) in [5.74, 6) is -1.59.